The molecule has 2 heterocycles. The fourth-order valence-electron chi connectivity index (χ4n) is 6.14. The highest BCUT2D eigenvalue weighted by atomic mass is 16.1. The van der Waals surface area contributed by atoms with Crippen molar-refractivity contribution in [3.63, 3.8) is 0 Å². The maximum absolute atomic E-state index is 13.9. The lowest BCUT2D eigenvalue weighted by Gasteiger charge is -2.13. The number of para-hydroxylation sites is 1. The summed E-state index contributed by atoms with van der Waals surface area (Å²) in [6.07, 6.45) is 8.31. The summed E-state index contributed by atoms with van der Waals surface area (Å²) in [5, 5.41) is 7.38. The number of aromatic nitrogens is 1. The Morgan fingerprint density at radius 3 is 2.24 bits per heavy atom. The van der Waals surface area contributed by atoms with Crippen LogP contribution in [0.3, 0.4) is 0 Å². The molecule has 0 radical (unpaired) electrons. The van der Waals surface area contributed by atoms with Gasteiger partial charge in [0.15, 0.2) is 0 Å². The fraction of sp³-hybridized carbons (Fsp3) is 0.0750. The van der Waals surface area contributed by atoms with E-state index in [0.29, 0.717) is 5.39 Å². The van der Waals surface area contributed by atoms with Crippen LogP contribution in [0.2, 0.25) is 0 Å². The van der Waals surface area contributed by atoms with Crippen LogP contribution in [0.1, 0.15) is 25.0 Å². The Balaban J connectivity index is 0.00000101. The van der Waals surface area contributed by atoms with Crippen molar-refractivity contribution in [2.24, 2.45) is 0 Å². The van der Waals surface area contributed by atoms with Crippen molar-refractivity contribution >= 4 is 54.3 Å². The van der Waals surface area contributed by atoms with Gasteiger partial charge in [-0.15, -0.1) is 6.58 Å². The van der Waals surface area contributed by atoms with Crippen molar-refractivity contribution in [3.8, 4) is 11.1 Å². The van der Waals surface area contributed by atoms with Crippen molar-refractivity contribution in [3.05, 3.63) is 157 Å². The molecule has 0 fully saturated rings. The summed E-state index contributed by atoms with van der Waals surface area (Å²) in [6, 6.07) is 32.1. The maximum atomic E-state index is 13.9. The van der Waals surface area contributed by atoms with Crippen molar-refractivity contribution in [1.82, 2.24) is 4.40 Å². The number of fused-ring (bicyclic) bond motifs is 6. The SMILES string of the molecule is C=C/C=C(\C=C)c1ccc2c(=O)n3c4ccccc4c4cc(-c5cccc6cc(CC)ccc56)cc(c2c1)c43.C=CC. The quantitative estimate of drug-likeness (QED) is 0.120. The zero-order valence-electron chi connectivity index (χ0n) is 24.2. The Kier molecular flexibility index (Phi) is 7.06. The van der Waals surface area contributed by atoms with Crippen LogP contribution >= 0.6 is 0 Å². The first-order chi connectivity index (χ1) is 20.5. The van der Waals surface area contributed by atoms with Gasteiger partial charge in [-0.25, -0.2) is 0 Å². The van der Waals surface area contributed by atoms with Crippen LogP contribution in [0.25, 0.3) is 65.4 Å². The third kappa shape index (κ3) is 4.24. The molecular formula is C40H33NO. The fourth-order valence-corrected chi connectivity index (χ4v) is 6.14. The van der Waals surface area contributed by atoms with Crippen LogP contribution in [0, 0.1) is 0 Å². The molecule has 0 saturated carbocycles. The Morgan fingerprint density at radius 2 is 1.50 bits per heavy atom. The number of hydrogen-bond donors (Lipinski definition) is 0. The predicted octanol–water partition coefficient (Wildman–Crippen LogP) is 10.5. The molecule has 7 aromatic rings. The zero-order valence-corrected chi connectivity index (χ0v) is 24.2. The molecule has 7 rings (SSSR count). The minimum atomic E-state index is 0.00751. The minimum absolute atomic E-state index is 0.00751. The number of benzene rings is 5. The number of hydrogen-bond acceptors (Lipinski definition) is 1. The van der Waals surface area contributed by atoms with Gasteiger partial charge in [-0.05, 0) is 87.7 Å². The highest BCUT2D eigenvalue weighted by Crippen LogP contribution is 2.40. The van der Waals surface area contributed by atoms with Gasteiger partial charge >= 0.3 is 0 Å². The molecule has 204 valence electrons. The monoisotopic (exact) mass is 543 g/mol. The molecule has 2 heteroatoms. The number of rotatable bonds is 5. The van der Waals surface area contributed by atoms with Crippen molar-refractivity contribution in [2.45, 2.75) is 20.3 Å². The second-order valence-corrected chi connectivity index (χ2v) is 10.5. The molecule has 0 aliphatic rings. The largest absolute Gasteiger partial charge is 0.275 e. The van der Waals surface area contributed by atoms with E-state index in [-0.39, 0.29) is 5.56 Å². The van der Waals surface area contributed by atoms with Gasteiger partial charge in [0, 0.05) is 21.5 Å². The number of aryl methyl sites for hydroxylation is 1. The van der Waals surface area contributed by atoms with E-state index in [0.717, 1.165) is 55.7 Å². The van der Waals surface area contributed by atoms with Crippen molar-refractivity contribution in [2.75, 3.05) is 0 Å². The van der Waals surface area contributed by atoms with Gasteiger partial charge in [-0.3, -0.25) is 9.20 Å². The van der Waals surface area contributed by atoms with E-state index < -0.39 is 0 Å². The summed E-state index contributed by atoms with van der Waals surface area (Å²) in [4.78, 5) is 13.9. The van der Waals surface area contributed by atoms with Crippen LogP contribution in [0.15, 0.2) is 140 Å². The molecule has 42 heavy (non-hydrogen) atoms. The smallest absolute Gasteiger partial charge is 0.263 e. The number of allylic oxidation sites excluding steroid dienone is 5. The summed E-state index contributed by atoms with van der Waals surface area (Å²) in [5.74, 6) is 0. The molecule has 5 aromatic carbocycles. The molecule has 0 bridgehead atoms. The van der Waals surface area contributed by atoms with Gasteiger partial charge in [0.2, 0.25) is 0 Å². The first-order valence-electron chi connectivity index (χ1n) is 14.4. The average Bonchev–Trinajstić information content (AvgIpc) is 3.36. The Labute approximate surface area is 246 Å². The summed E-state index contributed by atoms with van der Waals surface area (Å²) in [7, 11) is 0. The van der Waals surface area contributed by atoms with Gasteiger partial charge < -0.3 is 0 Å². The lowest BCUT2D eigenvalue weighted by molar-refractivity contribution is 1.15. The minimum Gasteiger partial charge on any atom is -0.275 e. The highest BCUT2D eigenvalue weighted by Gasteiger charge is 2.19. The van der Waals surface area contributed by atoms with E-state index in [4.69, 9.17) is 0 Å². The first kappa shape index (κ1) is 27.0. The summed E-state index contributed by atoms with van der Waals surface area (Å²) in [5.41, 5.74) is 7.57. The standard InChI is InChI=1S/C37H27NO.C3H6/c1-4-10-24(6-3)25-16-18-31-32(20-25)34-22-27(28-13-9-11-26-19-23(5-2)15-17-29(26)28)21-33-30-12-7-8-14-35(30)38(36(33)34)37(31)39;1-3-2/h4,6-22H,1,3,5H2,2H3;3H,1H2,2H3/b24-10+;. The second-order valence-electron chi connectivity index (χ2n) is 10.5. The Bertz CT molecular complexity index is 2260. The maximum Gasteiger partial charge on any atom is 0.263 e. The van der Waals surface area contributed by atoms with Crippen LogP contribution in [0.4, 0.5) is 0 Å². The van der Waals surface area contributed by atoms with Gasteiger partial charge in [0.1, 0.15) is 0 Å². The van der Waals surface area contributed by atoms with Crippen LogP contribution < -0.4 is 5.56 Å². The van der Waals surface area contributed by atoms with E-state index in [9.17, 15) is 4.79 Å². The normalized spacial score (nSPS) is 11.7. The average molecular weight is 544 g/mol. The van der Waals surface area contributed by atoms with E-state index in [1.165, 1.54) is 21.9 Å². The van der Waals surface area contributed by atoms with Crippen LogP contribution in [-0.4, -0.2) is 4.40 Å². The molecule has 0 atom stereocenters. The lowest BCUT2D eigenvalue weighted by Crippen LogP contribution is -2.13. The molecule has 0 unspecified atom stereocenters. The predicted molar refractivity (Wildman–Crippen MR) is 184 cm³/mol. The second kappa shape index (κ2) is 11.0. The van der Waals surface area contributed by atoms with E-state index in [2.05, 4.69) is 87.3 Å². The van der Waals surface area contributed by atoms with Gasteiger partial charge in [-0.2, -0.15) is 0 Å². The number of nitrogens with zero attached hydrogens (tertiary/aromatic N) is 1. The molecule has 0 saturated heterocycles. The summed E-state index contributed by atoms with van der Waals surface area (Å²) in [6.45, 7) is 15.3. The van der Waals surface area contributed by atoms with Gasteiger partial charge in [-0.1, -0.05) is 105 Å². The third-order valence-electron chi connectivity index (χ3n) is 8.03. The first-order valence-corrected chi connectivity index (χ1v) is 14.4. The summed E-state index contributed by atoms with van der Waals surface area (Å²) < 4.78 is 1.90. The molecule has 0 aliphatic carbocycles. The molecule has 0 spiro atoms. The molecule has 0 amide bonds. The van der Waals surface area contributed by atoms with E-state index in [1.807, 2.05) is 53.8 Å². The highest BCUT2D eigenvalue weighted by molar-refractivity contribution is 6.22. The van der Waals surface area contributed by atoms with Crippen LogP contribution in [-0.2, 0) is 6.42 Å². The van der Waals surface area contributed by atoms with Crippen LogP contribution in [0.5, 0.6) is 0 Å². The van der Waals surface area contributed by atoms with Gasteiger partial charge in [0.25, 0.3) is 5.56 Å². The van der Waals surface area contributed by atoms with Crippen molar-refractivity contribution < 1.29 is 0 Å². The summed E-state index contributed by atoms with van der Waals surface area (Å²) >= 11 is 0. The molecule has 2 aromatic heterocycles. The van der Waals surface area contributed by atoms with Crippen molar-refractivity contribution in [1.29, 1.82) is 0 Å². The van der Waals surface area contributed by atoms with Gasteiger partial charge in [0.05, 0.1) is 11.0 Å². The third-order valence-corrected chi connectivity index (χ3v) is 8.03. The Morgan fingerprint density at radius 1 is 0.762 bits per heavy atom. The number of pyridine rings is 1. The lowest BCUT2D eigenvalue weighted by atomic mass is 9.92. The van der Waals surface area contributed by atoms with E-state index in [1.54, 1.807) is 12.2 Å². The molecule has 2 nitrogen and oxygen atoms in total. The molecule has 0 aliphatic heterocycles. The topological polar surface area (TPSA) is 21.5 Å². The molecular weight excluding hydrogens is 510 g/mol. The molecule has 0 N–H and O–H groups in total. The van der Waals surface area contributed by atoms with E-state index >= 15 is 0 Å². The zero-order chi connectivity index (χ0) is 29.4. The Hall–Kier alpha value is -5.21.